The van der Waals surface area contributed by atoms with Gasteiger partial charge < -0.3 is 10.2 Å². The molecule has 35 heavy (non-hydrogen) atoms. The average molecular weight is 554 g/mol. The number of carbonyl (C=O) groups excluding carboxylic acids is 2. The third-order valence-corrected chi connectivity index (χ3v) is 7.39. The average Bonchev–Trinajstić information content (AvgIpc) is 2.86. The number of nitrogens with one attached hydrogen (secondary N) is 1. The number of nitrogens with zero attached hydrogens (tertiary/aromatic N) is 1. The molecule has 3 rings (SSSR count). The van der Waals surface area contributed by atoms with Crippen molar-refractivity contribution in [1.29, 1.82) is 0 Å². The molecule has 0 aliphatic rings. The molecule has 184 valence electrons. The van der Waals surface area contributed by atoms with Crippen LogP contribution in [0.5, 0.6) is 0 Å². The van der Waals surface area contributed by atoms with E-state index in [1.807, 2.05) is 99.6 Å². The Bertz CT molecular complexity index is 1110. The molecule has 2 atom stereocenters. The molecule has 2 amide bonds. The molecule has 3 aromatic carbocycles. The van der Waals surface area contributed by atoms with Crippen molar-refractivity contribution in [2.24, 2.45) is 0 Å². The second-order valence-electron chi connectivity index (χ2n) is 8.78. The molecule has 0 aliphatic heterocycles. The first-order valence-electron chi connectivity index (χ1n) is 11.9. The number of rotatable bonds is 11. The molecule has 0 radical (unpaired) electrons. The van der Waals surface area contributed by atoms with Gasteiger partial charge in [-0.15, -0.1) is 11.8 Å². The fourth-order valence-corrected chi connectivity index (χ4v) is 4.92. The highest BCUT2D eigenvalue weighted by molar-refractivity contribution is 9.10. The van der Waals surface area contributed by atoms with Crippen molar-refractivity contribution < 1.29 is 9.59 Å². The number of hydrogen-bond acceptors (Lipinski definition) is 3. The highest BCUT2D eigenvalue weighted by atomic mass is 79.9. The van der Waals surface area contributed by atoms with Gasteiger partial charge in [0.1, 0.15) is 6.04 Å². The highest BCUT2D eigenvalue weighted by Gasteiger charge is 2.31. The van der Waals surface area contributed by atoms with E-state index in [0.717, 1.165) is 26.9 Å². The van der Waals surface area contributed by atoms with Crippen LogP contribution < -0.4 is 5.32 Å². The largest absolute Gasteiger partial charge is 0.352 e. The van der Waals surface area contributed by atoms with Gasteiger partial charge in [-0.3, -0.25) is 9.59 Å². The minimum Gasteiger partial charge on any atom is -0.352 e. The second-order valence-corrected chi connectivity index (χ2v) is 10.7. The monoisotopic (exact) mass is 552 g/mol. The molecule has 0 bridgehead atoms. The Morgan fingerprint density at radius 3 is 2.31 bits per heavy atom. The molecule has 0 fully saturated rings. The second kappa shape index (κ2) is 13.5. The van der Waals surface area contributed by atoms with Crippen LogP contribution in [-0.2, 0) is 22.6 Å². The van der Waals surface area contributed by atoms with Crippen molar-refractivity contribution >= 4 is 39.5 Å². The van der Waals surface area contributed by atoms with Gasteiger partial charge in [0.15, 0.2) is 0 Å². The lowest BCUT2D eigenvalue weighted by Crippen LogP contribution is -2.52. The van der Waals surface area contributed by atoms with Gasteiger partial charge in [0.25, 0.3) is 0 Å². The minimum atomic E-state index is -0.614. The van der Waals surface area contributed by atoms with Gasteiger partial charge in [-0.25, -0.2) is 0 Å². The molecule has 0 unspecified atom stereocenters. The van der Waals surface area contributed by atoms with E-state index < -0.39 is 6.04 Å². The molecular weight excluding hydrogens is 520 g/mol. The topological polar surface area (TPSA) is 49.4 Å². The third kappa shape index (κ3) is 8.55. The molecule has 4 nitrogen and oxygen atoms in total. The van der Waals surface area contributed by atoms with E-state index >= 15 is 0 Å². The standard InChI is InChI=1S/C29H33BrN2O2S/c1-4-22(3)31-29(34)27(18-23-9-6-5-7-10-23)32(19-24-11-8-12-25(30)17-24)28(33)20-35-26-15-13-21(2)14-16-26/h5-17,22,27H,4,18-20H2,1-3H3,(H,31,34)/t22-,27+/m1/s1. The van der Waals surface area contributed by atoms with Crippen molar-refractivity contribution in [2.45, 2.75) is 57.1 Å². The van der Waals surface area contributed by atoms with Crippen molar-refractivity contribution in [1.82, 2.24) is 10.2 Å². The van der Waals surface area contributed by atoms with Crippen molar-refractivity contribution in [3.8, 4) is 0 Å². The van der Waals surface area contributed by atoms with Crippen molar-refractivity contribution in [3.05, 3.63) is 100 Å². The normalized spacial score (nSPS) is 12.6. The molecule has 0 saturated carbocycles. The maximum absolute atomic E-state index is 13.7. The van der Waals surface area contributed by atoms with E-state index in [1.54, 1.807) is 4.90 Å². The van der Waals surface area contributed by atoms with Gasteiger partial charge in [0, 0.05) is 28.4 Å². The molecule has 0 saturated heterocycles. The lowest BCUT2D eigenvalue weighted by atomic mass is 10.0. The van der Waals surface area contributed by atoms with Crippen molar-refractivity contribution in [2.75, 3.05) is 5.75 Å². The summed E-state index contributed by atoms with van der Waals surface area (Å²) in [5.74, 6) is 0.0848. The number of halogens is 1. The van der Waals surface area contributed by atoms with Gasteiger partial charge in [-0.1, -0.05) is 83.0 Å². The smallest absolute Gasteiger partial charge is 0.243 e. The van der Waals surface area contributed by atoms with Gasteiger partial charge >= 0.3 is 0 Å². The van der Waals surface area contributed by atoms with Crippen LogP contribution in [0.1, 0.15) is 37.0 Å². The fraction of sp³-hybridized carbons (Fsp3) is 0.310. The summed E-state index contributed by atoms with van der Waals surface area (Å²) < 4.78 is 0.945. The summed E-state index contributed by atoms with van der Waals surface area (Å²) in [4.78, 5) is 30.0. The summed E-state index contributed by atoms with van der Waals surface area (Å²) in [5, 5.41) is 3.11. The lowest BCUT2D eigenvalue weighted by molar-refractivity contribution is -0.139. The first-order chi connectivity index (χ1) is 16.9. The fourth-order valence-electron chi connectivity index (χ4n) is 3.69. The summed E-state index contributed by atoms with van der Waals surface area (Å²) >= 11 is 5.03. The predicted octanol–water partition coefficient (Wildman–Crippen LogP) is 6.40. The minimum absolute atomic E-state index is 0.0329. The lowest BCUT2D eigenvalue weighted by Gasteiger charge is -2.32. The quantitative estimate of drug-likeness (QED) is 0.280. The van der Waals surface area contributed by atoms with Crippen LogP contribution in [0.25, 0.3) is 0 Å². The molecule has 0 spiro atoms. The zero-order valence-electron chi connectivity index (χ0n) is 20.5. The summed E-state index contributed by atoms with van der Waals surface area (Å²) in [5.41, 5.74) is 3.18. The Kier molecular flexibility index (Phi) is 10.4. The molecular formula is C29H33BrN2O2S. The summed E-state index contributed by atoms with van der Waals surface area (Å²) in [7, 11) is 0. The zero-order valence-corrected chi connectivity index (χ0v) is 22.9. The van der Waals surface area contributed by atoms with E-state index in [1.165, 1.54) is 17.3 Å². The van der Waals surface area contributed by atoms with Gasteiger partial charge in [-0.05, 0) is 55.7 Å². The Hall–Kier alpha value is -2.57. The van der Waals surface area contributed by atoms with E-state index in [9.17, 15) is 9.59 Å². The Labute approximate surface area is 221 Å². The van der Waals surface area contributed by atoms with Crippen LogP contribution in [-0.4, -0.2) is 34.6 Å². The highest BCUT2D eigenvalue weighted by Crippen LogP contribution is 2.22. The summed E-state index contributed by atoms with van der Waals surface area (Å²) in [6, 6.07) is 25.4. The van der Waals surface area contributed by atoms with E-state index in [-0.39, 0.29) is 23.6 Å². The van der Waals surface area contributed by atoms with Crippen LogP contribution in [0.2, 0.25) is 0 Å². The van der Waals surface area contributed by atoms with Crippen LogP contribution in [0.15, 0.2) is 88.2 Å². The first kappa shape index (κ1) is 27.0. The van der Waals surface area contributed by atoms with Crippen LogP contribution in [0.3, 0.4) is 0 Å². The molecule has 1 N–H and O–H groups in total. The molecule has 6 heteroatoms. The van der Waals surface area contributed by atoms with E-state index in [4.69, 9.17) is 0 Å². The number of carbonyl (C=O) groups is 2. The zero-order chi connectivity index (χ0) is 25.2. The number of thioether (sulfide) groups is 1. The van der Waals surface area contributed by atoms with E-state index in [0.29, 0.717) is 13.0 Å². The molecule has 0 aromatic heterocycles. The number of hydrogen-bond donors (Lipinski definition) is 1. The summed E-state index contributed by atoms with van der Waals surface area (Å²) in [6.07, 6.45) is 1.28. The van der Waals surface area contributed by atoms with Crippen molar-refractivity contribution in [3.63, 3.8) is 0 Å². The number of amides is 2. The maximum atomic E-state index is 13.7. The Balaban J connectivity index is 1.90. The van der Waals surface area contributed by atoms with Gasteiger partial charge in [-0.2, -0.15) is 0 Å². The maximum Gasteiger partial charge on any atom is 0.243 e. The predicted molar refractivity (Wildman–Crippen MR) is 148 cm³/mol. The molecule has 0 aliphatic carbocycles. The van der Waals surface area contributed by atoms with E-state index in [2.05, 4.69) is 21.2 Å². The van der Waals surface area contributed by atoms with Crippen LogP contribution in [0.4, 0.5) is 0 Å². The van der Waals surface area contributed by atoms with Crippen LogP contribution in [0, 0.1) is 6.92 Å². The number of aryl methyl sites for hydroxylation is 1. The number of benzene rings is 3. The SMILES string of the molecule is CC[C@@H](C)NC(=O)[C@H](Cc1ccccc1)N(Cc1cccc(Br)c1)C(=O)CSc1ccc(C)cc1. The van der Waals surface area contributed by atoms with Gasteiger partial charge in [0.05, 0.1) is 5.75 Å². The first-order valence-corrected chi connectivity index (χ1v) is 13.7. The molecule has 0 heterocycles. The molecule has 3 aromatic rings. The Morgan fingerprint density at radius 2 is 1.66 bits per heavy atom. The van der Waals surface area contributed by atoms with Gasteiger partial charge in [0.2, 0.25) is 11.8 Å². The Morgan fingerprint density at radius 1 is 0.971 bits per heavy atom. The third-order valence-electron chi connectivity index (χ3n) is 5.90. The van der Waals surface area contributed by atoms with Crippen LogP contribution >= 0.6 is 27.7 Å². The summed E-state index contributed by atoms with van der Waals surface area (Å²) in [6.45, 7) is 6.44.